The number of nitrogens with zero attached hydrogens (tertiary/aromatic N) is 2. The van der Waals surface area contributed by atoms with Gasteiger partial charge in [0.1, 0.15) is 23.4 Å². The Hall–Kier alpha value is -1.92. The third kappa shape index (κ3) is 2.55. The first kappa shape index (κ1) is 16.5. The van der Waals surface area contributed by atoms with Crippen LogP contribution in [-0.4, -0.2) is 66.0 Å². The summed E-state index contributed by atoms with van der Waals surface area (Å²) in [5.74, 6) is 2.29. The number of hydrogen-bond acceptors (Lipinski definition) is 6. The van der Waals surface area contributed by atoms with Crippen molar-refractivity contribution in [3.8, 4) is 11.5 Å². The maximum Gasteiger partial charge on any atom is 0.137 e. The predicted molar refractivity (Wildman–Crippen MR) is 93.7 cm³/mol. The molecule has 6 heteroatoms. The molecule has 3 aliphatic rings. The lowest BCUT2D eigenvalue weighted by Crippen LogP contribution is -2.38. The Balaban J connectivity index is 1.60. The summed E-state index contributed by atoms with van der Waals surface area (Å²) in [5.41, 5.74) is 1.06. The zero-order valence-corrected chi connectivity index (χ0v) is 14.9. The van der Waals surface area contributed by atoms with E-state index in [2.05, 4.69) is 16.7 Å². The molecule has 0 spiro atoms. The van der Waals surface area contributed by atoms with Crippen molar-refractivity contribution < 1.29 is 19.7 Å². The molecule has 0 radical (unpaired) electrons. The molecule has 25 heavy (non-hydrogen) atoms. The van der Waals surface area contributed by atoms with E-state index >= 15 is 0 Å². The molecule has 2 aliphatic heterocycles. The Morgan fingerprint density at radius 2 is 1.84 bits per heavy atom. The summed E-state index contributed by atoms with van der Waals surface area (Å²) in [7, 11) is 3.37. The van der Waals surface area contributed by atoms with Crippen LogP contribution in [0.5, 0.6) is 11.5 Å². The van der Waals surface area contributed by atoms with Crippen molar-refractivity contribution in [3.63, 3.8) is 0 Å². The fraction of sp³-hybridized carbons (Fsp3) is 0.579. The van der Waals surface area contributed by atoms with E-state index in [9.17, 15) is 10.2 Å². The van der Waals surface area contributed by atoms with Crippen molar-refractivity contribution in [1.82, 2.24) is 9.80 Å². The quantitative estimate of drug-likeness (QED) is 0.866. The van der Waals surface area contributed by atoms with Gasteiger partial charge in [-0.25, -0.2) is 0 Å². The van der Waals surface area contributed by atoms with Gasteiger partial charge < -0.3 is 24.6 Å². The van der Waals surface area contributed by atoms with E-state index in [4.69, 9.17) is 9.47 Å². The molecule has 2 fully saturated rings. The molecule has 2 N–H and O–H groups in total. The second kappa shape index (κ2) is 6.11. The van der Waals surface area contributed by atoms with Gasteiger partial charge in [-0.2, -0.15) is 0 Å². The van der Waals surface area contributed by atoms with Gasteiger partial charge >= 0.3 is 0 Å². The number of rotatable bonds is 4. The summed E-state index contributed by atoms with van der Waals surface area (Å²) in [6, 6.07) is 6.36. The Kier molecular flexibility index (Phi) is 4.04. The third-order valence-electron chi connectivity index (χ3n) is 6.06. The Bertz CT molecular complexity index is 670. The van der Waals surface area contributed by atoms with Gasteiger partial charge in [0.25, 0.3) is 0 Å². The van der Waals surface area contributed by atoms with E-state index in [1.807, 2.05) is 18.2 Å². The van der Waals surface area contributed by atoms with Gasteiger partial charge in [-0.05, 0) is 19.1 Å². The predicted octanol–water partition coefficient (Wildman–Crippen LogP) is 1.77. The molecule has 1 saturated heterocycles. The summed E-state index contributed by atoms with van der Waals surface area (Å²) in [6.07, 6.45) is 1.01. The van der Waals surface area contributed by atoms with Crippen LogP contribution in [0.15, 0.2) is 30.2 Å². The summed E-state index contributed by atoms with van der Waals surface area (Å²) in [4.78, 5) is 4.63. The lowest BCUT2D eigenvalue weighted by molar-refractivity contribution is 0.0880. The first-order valence-electron chi connectivity index (χ1n) is 8.86. The van der Waals surface area contributed by atoms with Crippen LogP contribution in [0.2, 0.25) is 0 Å². The fourth-order valence-corrected chi connectivity index (χ4v) is 4.67. The summed E-state index contributed by atoms with van der Waals surface area (Å²) < 4.78 is 11.1. The molecular formula is C19H26N2O4. The lowest BCUT2D eigenvalue weighted by atomic mass is 10.0. The normalized spacial score (nSPS) is 32.3. The average Bonchev–Trinajstić information content (AvgIpc) is 3.37. The van der Waals surface area contributed by atoms with Crippen molar-refractivity contribution in [3.05, 3.63) is 35.7 Å². The zero-order valence-electron chi connectivity index (χ0n) is 14.9. The molecule has 1 aromatic carbocycles. The van der Waals surface area contributed by atoms with Crippen LogP contribution in [0, 0.1) is 11.8 Å². The molecule has 1 aromatic rings. The number of fused-ring (bicyclic) bond motifs is 1. The molecule has 0 aromatic heterocycles. The SMILES string of the molecule is COc1cccc(OC)c1C(C)N1CCN2C=C(O)C(O)[C@H]3C(C1)C32. The average molecular weight is 346 g/mol. The minimum atomic E-state index is -0.720. The number of ether oxygens (including phenoxy) is 2. The van der Waals surface area contributed by atoms with Gasteiger partial charge in [-0.3, -0.25) is 4.90 Å². The highest BCUT2D eigenvalue weighted by Gasteiger charge is 2.61. The molecular weight excluding hydrogens is 320 g/mol. The summed E-state index contributed by atoms with van der Waals surface area (Å²) in [5, 5.41) is 20.2. The fourth-order valence-electron chi connectivity index (χ4n) is 4.67. The zero-order chi connectivity index (χ0) is 17.7. The Morgan fingerprint density at radius 1 is 1.16 bits per heavy atom. The maximum absolute atomic E-state index is 10.2. The van der Waals surface area contributed by atoms with Crippen molar-refractivity contribution in [2.24, 2.45) is 11.8 Å². The monoisotopic (exact) mass is 346 g/mol. The summed E-state index contributed by atoms with van der Waals surface area (Å²) in [6.45, 7) is 4.81. The highest BCUT2D eigenvalue weighted by molar-refractivity contribution is 5.47. The van der Waals surface area contributed by atoms with Gasteiger partial charge in [0, 0.05) is 49.8 Å². The largest absolute Gasteiger partial charge is 0.508 e. The molecule has 136 valence electrons. The second-order valence-corrected chi connectivity index (χ2v) is 7.22. The van der Waals surface area contributed by atoms with E-state index < -0.39 is 6.10 Å². The standard InChI is InChI=1S/C19H26N2O4/c1-11(16-14(24-2)5-4-6-15(16)25-3)20-7-8-21-10-13(22)19(23)17-12(9-20)18(17)21/h4-6,10-12,17-19,22-23H,7-9H2,1-3H3/t11?,12?,17-,18?,19?/m0/s1. The van der Waals surface area contributed by atoms with Crippen molar-refractivity contribution in [1.29, 1.82) is 0 Å². The van der Waals surface area contributed by atoms with Gasteiger partial charge in [0.15, 0.2) is 0 Å². The van der Waals surface area contributed by atoms with Crippen LogP contribution in [0.1, 0.15) is 18.5 Å². The smallest absolute Gasteiger partial charge is 0.137 e. The highest BCUT2D eigenvalue weighted by Crippen LogP contribution is 2.52. The van der Waals surface area contributed by atoms with Gasteiger partial charge in [0.05, 0.1) is 19.8 Å². The molecule has 2 heterocycles. The van der Waals surface area contributed by atoms with Gasteiger partial charge in [-0.1, -0.05) is 6.07 Å². The van der Waals surface area contributed by atoms with E-state index in [0.29, 0.717) is 12.0 Å². The number of methoxy groups -OCH3 is 2. The van der Waals surface area contributed by atoms with E-state index in [0.717, 1.165) is 36.7 Å². The molecule has 0 amide bonds. The van der Waals surface area contributed by atoms with Crippen LogP contribution in [-0.2, 0) is 0 Å². The highest BCUT2D eigenvalue weighted by atomic mass is 16.5. The lowest BCUT2D eigenvalue weighted by Gasteiger charge is -2.33. The first-order chi connectivity index (χ1) is 12.1. The van der Waals surface area contributed by atoms with Crippen LogP contribution < -0.4 is 9.47 Å². The first-order valence-corrected chi connectivity index (χ1v) is 8.86. The van der Waals surface area contributed by atoms with E-state index in [-0.39, 0.29) is 17.7 Å². The summed E-state index contributed by atoms with van der Waals surface area (Å²) >= 11 is 0. The van der Waals surface area contributed by atoms with Crippen molar-refractivity contribution >= 4 is 0 Å². The number of aliphatic hydroxyl groups excluding tert-OH is 2. The van der Waals surface area contributed by atoms with Crippen molar-refractivity contribution in [2.75, 3.05) is 33.9 Å². The number of hydrogen-bond donors (Lipinski definition) is 2. The number of benzene rings is 1. The van der Waals surface area contributed by atoms with Crippen LogP contribution in [0.3, 0.4) is 0 Å². The Labute approximate surface area is 148 Å². The van der Waals surface area contributed by atoms with Crippen LogP contribution in [0.4, 0.5) is 0 Å². The molecule has 1 aliphatic carbocycles. The minimum Gasteiger partial charge on any atom is -0.508 e. The van der Waals surface area contributed by atoms with Crippen LogP contribution >= 0.6 is 0 Å². The maximum atomic E-state index is 10.2. The topological polar surface area (TPSA) is 65.4 Å². The van der Waals surface area contributed by atoms with E-state index in [1.165, 1.54) is 0 Å². The van der Waals surface area contributed by atoms with Gasteiger partial charge in [0.2, 0.25) is 0 Å². The van der Waals surface area contributed by atoms with Crippen molar-refractivity contribution in [2.45, 2.75) is 25.1 Å². The molecule has 1 saturated carbocycles. The Morgan fingerprint density at radius 3 is 2.48 bits per heavy atom. The molecule has 4 rings (SSSR count). The van der Waals surface area contributed by atoms with Gasteiger partial charge in [-0.15, -0.1) is 0 Å². The second-order valence-electron chi connectivity index (χ2n) is 7.22. The third-order valence-corrected chi connectivity index (χ3v) is 6.06. The number of aliphatic hydroxyl groups is 2. The molecule has 6 nitrogen and oxygen atoms in total. The van der Waals surface area contributed by atoms with Crippen LogP contribution in [0.25, 0.3) is 0 Å². The molecule has 4 unspecified atom stereocenters. The molecule has 5 atom stereocenters. The molecule has 0 bridgehead atoms. The minimum absolute atomic E-state index is 0.108. The van der Waals surface area contributed by atoms with E-state index in [1.54, 1.807) is 20.4 Å².